The lowest BCUT2D eigenvalue weighted by Crippen LogP contribution is -2.40. The van der Waals surface area contributed by atoms with Gasteiger partial charge in [0.1, 0.15) is 5.75 Å². The van der Waals surface area contributed by atoms with Crippen LogP contribution in [0.25, 0.3) is 16.7 Å². The summed E-state index contributed by atoms with van der Waals surface area (Å²) < 4.78 is 12.5. The summed E-state index contributed by atoms with van der Waals surface area (Å²) in [5.74, 6) is -0.172. The number of hydrogen-bond acceptors (Lipinski definition) is 7. The highest BCUT2D eigenvalue weighted by molar-refractivity contribution is 6.02. The summed E-state index contributed by atoms with van der Waals surface area (Å²) in [5, 5.41) is -0.00578. The largest absolute Gasteiger partial charge is 0.497 e. The van der Waals surface area contributed by atoms with Gasteiger partial charge in [-0.25, -0.2) is 19.1 Å². The number of esters is 1. The average Bonchev–Trinajstić information content (AvgIpc) is 2.81. The third-order valence-corrected chi connectivity index (χ3v) is 5.00. The van der Waals surface area contributed by atoms with Gasteiger partial charge in [0.2, 0.25) is 0 Å². The highest BCUT2D eigenvalue weighted by Crippen LogP contribution is 2.21. The highest BCUT2D eigenvalue weighted by atomic mass is 16.5. The minimum atomic E-state index is -0.693. The lowest BCUT2D eigenvalue weighted by molar-refractivity contribution is 0.0602. The maximum atomic E-state index is 13.6. The first-order valence-corrected chi connectivity index (χ1v) is 9.73. The van der Waals surface area contributed by atoms with Crippen molar-refractivity contribution in [2.75, 3.05) is 14.2 Å². The summed E-state index contributed by atoms with van der Waals surface area (Å²) in [4.78, 5) is 48.1. The molecular formula is C23H20N4O5. The molecule has 0 N–H and O–H groups in total. The van der Waals surface area contributed by atoms with Crippen LogP contribution in [0.4, 0.5) is 0 Å². The molecule has 4 aromatic rings. The number of fused-ring (bicyclic) bond motifs is 1. The van der Waals surface area contributed by atoms with Gasteiger partial charge >= 0.3 is 11.7 Å². The second-order valence-electron chi connectivity index (χ2n) is 7.07. The SMILES string of the molecule is COC(=O)c1cc(C)nc2c1c(=O)n(Cc1cccnc1)c(=O)n2-c1cccc(OC)c1. The lowest BCUT2D eigenvalue weighted by atomic mass is 10.1. The van der Waals surface area contributed by atoms with E-state index in [1.54, 1.807) is 55.7 Å². The van der Waals surface area contributed by atoms with Crippen molar-refractivity contribution in [2.45, 2.75) is 13.5 Å². The maximum Gasteiger partial charge on any atom is 0.338 e. The fraction of sp³-hybridized carbons (Fsp3) is 0.174. The van der Waals surface area contributed by atoms with Crippen molar-refractivity contribution in [3.63, 3.8) is 0 Å². The zero-order valence-corrected chi connectivity index (χ0v) is 17.7. The van der Waals surface area contributed by atoms with Crippen LogP contribution in [0, 0.1) is 6.92 Å². The van der Waals surface area contributed by atoms with Gasteiger partial charge in [-0.05, 0) is 36.8 Å². The molecule has 3 heterocycles. The zero-order chi connectivity index (χ0) is 22.8. The van der Waals surface area contributed by atoms with Crippen LogP contribution in [0.15, 0.2) is 64.4 Å². The number of ether oxygens (including phenoxy) is 2. The van der Waals surface area contributed by atoms with Crippen LogP contribution in [-0.4, -0.2) is 39.3 Å². The molecule has 0 bridgehead atoms. The summed E-state index contributed by atoms with van der Waals surface area (Å²) in [5.41, 5.74) is 0.414. The molecule has 1 aromatic carbocycles. The molecule has 3 aromatic heterocycles. The minimum absolute atomic E-state index is 0.00578. The number of aryl methyl sites for hydroxylation is 1. The number of benzene rings is 1. The summed E-state index contributed by atoms with van der Waals surface area (Å²) in [6.45, 7) is 1.65. The monoisotopic (exact) mass is 432 g/mol. The summed E-state index contributed by atoms with van der Waals surface area (Å²) >= 11 is 0. The van der Waals surface area contributed by atoms with Gasteiger partial charge in [-0.3, -0.25) is 14.3 Å². The van der Waals surface area contributed by atoms with Crippen molar-refractivity contribution in [2.24, 2.45) is 0 Å². The number of methoxy groups -OCH3 is 2. The maximum absolute atomic E-state index is 13.6. The van der Waals surface area contributed by atoms with Crippen molar-refractivity contribution >= 4 is 17.0 Å². The molecular weight excluding hydrogens is 412 g/mol. The van der Waals surface area contributed by atoms with Crippen molar-refractivity contribution < 1.29 is 14.3 Å². The van der Waals surface area contributed by atoms with E-state index in [0.29, 0.717) is 22.7 Å². The molecule has 9 heteroatoms. The fourth-order valence-corrected chi connectivity index (χ4v) is 3.53. The molecule has 0 saturated heterocycles. The van der Waals surface area contributed by atoms with E-state index in [1.165, 1.54) is 24.9 Å². The predicted octanol–water partition coefficient (Wildman–Crippen LogP) is 2.09. The Labute approximate surface area is 182 Å². The van der Waals surface area contributed by atoms with E-state index in [9.17, 15) is 14.4 Å². The Kier molecular flexibility index (Phi) is 5.55. The first kappa shape index (κ1) is 21.0. The van der Waals surface area contributed by atoms with Crippen molar-refractivity contribution in [1.82, 2.24) is 19.1 Å². The quantitative estimate of drug-likeness (QED) is 0.445. The van der Waals surface area contributed by atoms with E-state index in [1.807, 2.05) is 0 Å². The minimum Gasteiger partial charge on any atom is -0.497 e. The normalized spacial score (nSPS) is 10.8. The third kappa shape index (κ3) is 3.64. The van der Waals surface area contributed by atoms with Crippen LogP contribution < -0.4 is 16.0 Å². The van der Waals surface area contributed by atoms with E-state index in [-0.39, 0.29) is 23.1 Å². The topological polar surface area (TPSA) is 105 Å². The molecule has 0 aliphatic rings. The highest BCUT2D eigenvalue weighted by Gasteiger charge is 2.23. The van der Waals surface area contributed by atoms with Crippen LogP contribution in [0.1, 0.15) is 21.6 Å². The first-order chi connectivity index (χ1) is 15.4. The second-order valence-corrected chi connectivity index (χ2v) is 7.07. The van der Waals surface area contributed by atoms with E-state index < -0.39 is 17.2 Å². The molecule has 0 unspecified atom stereocenters. The van der Waals surface area contributed by atoms with Crippen molar-refractivity contribution in [3.05, 3.63) is 92.5 Å². The molecule has 32 heavy (non-hydrogen) atoms. The van der Waals surface area contributed by atoms with Crippen LogP contribution in [0.3, 0.4) is 0 Å². The number of pyridine rings is 2. The predicted molar refractivity (Wildman–Crippen MR) is 118 cm³/mol. The Morgan fingerprint density at radius 1 is 1.09 bits per heavy atom. The summed E-state index contributed by atoms with van der Waals surface area (Å²) in [6, 6.07) is 11.8. The Hall–Kier alpha value is -4.27. The second kappa shape index (κ2) is 8.46. The Balaban J connectivity index is 2.15. The van der Waals surface area contributed by atoms with Crippen LogP contribution in [-0.2, 0) is 11.3 Å². The van der Waals surface area contributed by atoms with Crippen LogP contribution in [0.2, 0.25) is 0 Å². The molecule has 0 fully saturated rings. The number of aromatic nitrogens is 4. The summed E-state index contributed by atoms with van der Waals surface area (Å²) in [7, 11) is 2.75. The van der Waals surface area contributed by atoms with Gasteiger partial charge in [0.15, 0.2) is 5.65 Å². The van der Waals surface area contributed by atoms with Gasteiger partial charge in [0.05, 0.1) is 37.4 Å². The molecule has 9 nitrogen and oxygen atoms in total. The number of rotatable bonds is 5. The molecule has 0 aliphatic heterocycles. The number of nitrogens with zero attached hydrogens (tertiary/aromatic N) is 4. The zero-order valence-electron chi connectivity index (χ0n) is 17.7. The van der Waals surface area contributed by atoms with Gasteiger partial charge in [0.25, 0.3) is 5.56 Å². The van der Waals surface area contributed by atoms with E-state index >= 15 is 0 Å². The lowest BCUT2D eigenvalue weighted by Gasteiger charge is -2.16. The van der Waals surface area contributed by atoms with Crippen molar-refractivity contribution in [1.29, 1.82) is 0 Å². The smallest absolute Gasteiger partial charge is 0.338 e. The molecule has 0 atom stereocenters. The number of hydrogen-bond donors (Lipinski definition) is 0. The molecule has 0 radical (unpaired) electrons. The van der Waals surface area contributed by atoms with E-state index in [0.717, 1.165) is 4.57 Å². The first-order valence-electron chi connectivity index (χ1n) is 9.73. The number of carbonyl (C=O) groups is 1. The van der Waals surface area contributed by atoms with Gasteiger partial charge in [-0.2, -0.15) is 0 Å². The van der Waals surface area contributed by atoms with Crippen molar-refractivity contribution in [3.8, 4) is 11.4 Å². The molecule has 4 rings (SSSR count). The van der Waals surface area contributed by atoms with Gasteiger partial charge in [0, 0.05) is 24.2 Å². The molecule has 162 valence electrons. The van der Waals surface area contributed by atoms with Crippen LogP contribution >= 0.6 is 0 Å². The fourth-order valence-electron chi connectivity index (χ4n) is 3.53. The summed E-state index contributed by atoms with van der Waals surface area (Å²) in [6.07, 6.45) is 3.17. The number of carbonyl (C=O) groups excluding carboxylic acids is 1. The van der Waals surface area contributed by atoms with Gasteiger partial charge in [-0.15, -0.1) is 0 Å². The van der Waals surface area contributed by atoms with Crippen LogP contribution in [0.5, 0.6) is 5.75 Å². The van der Waals surface area contributed by atoms with Gasteiger partial charge in [-0.1, -0.05) is 12.1 Å². The average molecular weight is 432 g/mol. The standard InChI is InChI=1S/C23H20N4O5/c1-14-10-18(22(29)32-3)19-20(25-14)27(16-7-4-8-17(11-16)31-2)23(30)26(21(19)28)13-15-6-5-9-24-12-15/h4-12H,13H2,1-3H3. The van der Waals surface area contributed by atoms with Gasteiger partial charge < -0.3 is 9.47 Å². The molecule has 0 saturated carbocycles. The van der Waals surface area contributed by atoms with E-state index in [2.05, 4.69) is 9.97 Å². The third-order valence-electron chi connectivity index (χ3n) is 5.00. The molecule has 0 amide bonds. The Morgan fingerprint density at radius 3 is 2.59 bits per heavy atom. The Morgan fingerprint density at radius 2 is 1.91 bits per heavy atom. The van der Waals surface area contributed by atoms with E-state index in [4.69, 9.17) is 9.47 Å². The molecule has 0 aliphatic carbocycles. The Bertz CT molecular complexity index is 1440. The molecule has 0 spiro atoms.